The standard InChI is InChI=1S/C16H20N2O2/c19-16(15-12-9-20-10-13(12)15)18(11-5-1-2-6-11)14-7-3-4-8-17-14/h3-4,7-8,11-13,15H,1-2,5-6,9-10H2/t12-,13+,15?. The van der Waals surface area contributed by atoms with Crippen molar-refractivity contribution in [2.24, 2.45) is 17.8 Å². The van der Waals surface area contributed by atoms with Gasteiger partial charge in [0.25, 0.3) is 0 Å². The highest BCUT2D eigenvalue weighted by Gasteiger charge is 2.59. The molecule has 3 atom stereocenters. The van der Waals surface area contributed by atoms with E-state index in [4.69, 9.17) is 4.74 Å². The van der Waals surface area contributed by atoms with Crippen molar-refractivity contribution in [3.63, 3.8) is 0 Å². The summed E-state index contributed by atoms with van der Waals surface area (Å²) in [5.41, 5.74) is 0. The minimum atomic E-state index is 0.186. The highest BCUT2D eigenvalue weighted by Crippen LogP contribution is 2.52. The molecule has 106 valence electrons. The van der Waals surface area contributed by atoms with E-state index in [1.807, 2.05) is 23.1 Å². The molecule has 1 unspecified atom stereocenters. The topological polar surface area (TPSA) is 42.4 Å². The quantitative estimate of drug-likeness (QED) is 0.847. The molecule has 2 saturated carbocycles. The van der Waals surface area contributed by atoms with Crippen molar-refractivity contribution in [1.82, 2.24) is 4.98 Å². The minimum Gasteiger partial charge on any atom is -0.381 e. The number of carbonyl (C=O) groups is 1. The predicted octanol–water partition coefficient (Wildman–Crippen LogP) is 2.25. The Balaban J connectivity index is 1.59. The Bertz CT molecular complexity index is 488. The summed E-state index contributed by atoms with van der Waals surface area (Å²) in [6, 6.07) is 6.18. The zero-order valence-corrected chi connectivity index (χ0v) is 11.6. The van der Waals surface area contributed by atoms with Crippen LogP contribution < -0.4 is 4.90 Å². The summed E-state index contributed by atoms with van der Waals surface area (Å²) in [5.74, 6) is 2.24. The van der Waals surface area contributed by atoms with Crippen LogP contribution in [-0.2, 0) is 9.53 Å². The van der Waals surface area contributed by atoms with Gasteiger partial charge in [0.15, 0.2) is 0 Å². The maximum absolute atomic E-state index is 12.9. The van der Waals surface area contributed by atoms with E-state index < -0.39 is 0 Å². The fourth-order valence-electron chi connectivity index (χ4n) is 3.91. The molecule has 0 radical (unpaired) electrons. The molecule has 1 saturated heterocycles. The Morgan fingerprint density at radius 2 is 1.95 bits per heavy atom. The van der Waals surface area contributed by atoms with Crippen LogP contribution in [0.3, 0.4) is 0 Å². The predicted molar refractivity (Wildman–Crippen MR) is 75.3 cm³/mol. The Hall–Kier alpha value is -1.42. The number of rotatable bonds is 3. The highest BCUT2D eigenvalue weighted by atomic mass is 16.5. The molecule has 1 amide bonds. The number of fused-ring (bicyclic) bond motifs is 1. The number of hydrogen-bond acceptors (Lipinski definition) is 3. The van der Waals surface area contributed by atoms with E-state index in [2.05, 4.69) is 4.98 Å². The van der Waals surface area contributed by atoms with E-state index >= 15 is 0 Å². The molecular weight excluding hydrogens is 252 g/mol. The van der Waals surface area contributed by atoms with E-state index in [0.717, 1.165) is 31.9 Å². The first-order valence-electron chi connectivity index (χ1n) is 7.68. The second kappa shape index (κ2) is 4.85. The van der Waals surface area contributed by atoms with Gasteiger partial charge in [0.2, 0.25) is 5.91 Å². The third-order valence-corrected chi connectivity index (χ3v) is 5.06. The fourth-order valence-corrected chi connectivity index (χ4v) is 3.91. The van der Waals surface area contributed by atoms with Crippen LogP contribution in [0.2, 0.25) is 0 Å². The number of pyridine rings is 1. The molecule has 4 heteroatoms. The summed E-state index contributed by atoms with van der Waals surface area (Å²) in [6.07, 6.45) is 6.45. The molecule has 1 aliphatic heterocycles. The molecular formula is C16H20N2O2. The lowest BCUT2D eigenvalue weighted by Gasteiger charge is -2.28. The number of amides is 1. The molecule has 0 spiro atoms. The minimum absolute atomic E-state index is 0.186. The Kier molecular flexibility index (Phi) is 2.99. The van der Waals surface area contributed by atoms with Crippen LogP contribution in [-0.4, -0.2) is 30.1 Å². The van der Waals surface area contributed by atoms with Gasteiger partial charge in [-0.3, -0.25) is 9.69 Å². The van der Waals surface area contributed by atoms with Gasteiger partial charge in [-0.1, -0.05) is 18.9 Å². The SMILES string of the molecule is O=C(C1[C@H]2COC[C@@H]12)N(c1ccccn1)C1CCCC1. The van der Waals surface area contributed by atoms with Crippen molar-refractivity contribution in [1.29, 1.82) is 0 Å². The molecule has 1 aromatic rings. The molecule has 2 aliphatic carbocycles. The Labute approximate surface area is 119 Å². The largest absolute Gasteiger partial charge is 0.381 e. The molecule has 0 N–H and O–H groups in total. The van der Waals surface area contributed by atoms with Crippen molar-refractivity contribution in [3.8, 4) is 0 Å². The Morgan fingerprint density at radius 3 is 2.60 bits per heavy atom. The van der Waals surface area contributed by atoms with Crippen LogP contribution in [0.15, 0.2) is 24.4 Å². The normalized spacial score (nSPS) is 32.1. The fraction of sp³-hybridized carbons (Fsp3) is 0.625. The molecule has 20 heavy (non-hydrogen) atoms. The van der Waals surface area contributed by atoms with E-state index in [0.29, 0.717) is 17.9 Å². The van der Waals surface area contributed by atoms with Crippen molar-refractivity contribution in [3.05, 3.63) is 24.4 Å². The lowest BCUT2D eigenvalue weighted by molar-refractivity contribution is -0.121. The molecule has 3 aliphatic rings. The van der Waals surface area contributed by atoms with E-state index in [-0.39, 0.29) is 11.8 Å². The van der Waals surface area contributed by atoms with Gasteiger partial charge in [0, 0.05) is 18.2 Å². The van der Waals surface area contributed by atoms with Gasteiger partial charge in [-0.2, -0.15) is 0 Å². The van der Waals surface area contributed by atoms with Crippen molar-refractivity contribution >= 4 is 11.7 Å². The molecule has 4 rings (SSSR count). The third-order valence-electron chi connectivity index (χ3n) is 5.06. The second-order valence-corrected chi connectivity index (χ2v) is 6.23. The Morgan fingerprint density at radius 1 is 1.20 bits per heavy atom. The van der Waals surface area contributed by atoms with Crippen molar-refractivity contribution in [2.45, 2.75) is 31.7 Å². The van der Waals surface area contributed by atoms with Crippen LogP contribution in [0, 0.1) is 17.8 Å². The highest BCUT2D eigenvalue weighted by molar-refractivity contribution is 5.97. The number of aromatic nitrogens is 1. The summed E-state index contributed by atoms with van der Waals surface area (Å²) >= 11 is 0. The number of carbonyl (C=O) groups excluding carboxylic acids is 1. The maximum Gasteiger partial charge on any atom is 0.232 e. The zero-order valence-electron chi connectivity index (χ0n) is 11.6. The van der Waals surface area contributed by atoms with Crippen LogP contribution in [0.25, 0.3) is 0 Å². The van der Waals surface area contributed by atoms with Gasteiger partial charge in [-0.25, -0.2) is 4.98 Å². The summed E-state index contributed by atoms with van der Waals surface area (Å²) in [5, 5.41) is 0. The third kappa shape index (κ3) is 1.94. The van der Waals surface area contributed by atoms with Crippen LogP contribution in [0.4, 0.5) is 5.82 Å². The van der Waals surface area contributed by atoms with Gasteiger partial charge >= 0.3 is 0 Å². The van der Waals surface area contributed by atoms with Crippen molar-refractivity contribution < 1.29 is 9.53 Å². The average molecular weight is 272 g/mol. The van der Waals surface area contributed by atoms with Gasteiger partial charge in [0.05, 0.1) is 13.2 Å². The number of anilines is 1. The molecule has 2 heterocycles. The first kappa shape index (κ1) is 12.3. The average Bonchev–Trinajstić information content (AvgIpc) is 2.92. The van der Waals surface area contributed by atoms with E-state index in [9.17, 15) is 4.79 Å². The summed E-state index contributed by atoms with van der Waals surface area (Å²) in [7, 11) is 0. The smallest absolute Gasteiger partial charge is 0.232 e. The summed E-state index contributed by atoms with van der Waals surface area (Å²) in [6.45, 7) is 1.53. The first-order valence-corrected chi connectivity index (χ1v) is 7.68. The number of nitrogens with zero attached hydrogens (tertiary/aromatic N) is 2. The van der Waals surface area contributed by atoms with Gasteiger partial charge in [-0.05, 0) is 36.8 Å². The molecule has 0 bridgehead atoms. The molecule has 4 nitrogen and oxygen atoms in total. The van der Waals surface area contributed by atoms with Crippen molar-refractivity contribution in [2.75, 3.05) is 18.1 Å². The molecule has 3 fully saturated rings. The van der Waals surface area contributed by atoms with Gasteiger partial charge in [-0.15, -0.1) is 0 Å². The monoisotopic (exact) mass is 272 g/mol. The summed E-state index contributed by atoms with van der Waals surface area (Å²) < 4.78 is 5.41. The van der Waals surface area contributed by atoms with Crippen LogP contribution in [0.1, 0.15) is 25.7 Å². The number of ether oxygens (including phenoxy) is 1. The van der Waals surface area contributed by atoms with Gasteiger partial charge in [0.1, 0.15) is 5.82 Å². The van der Waals surface area contributed by atoms with E-state index in [1.54, 1.807) is 6.20 Å². The van der Waals surface area contributed by atoms with E-state index in [1.165, 1.54) is 12.8 Å². The molecule has 1 aromatic heterocycles. The summed E-state index contributed by atoms with van der Waals surface area (Å²) in [4.78, 5) is 19.4. The lowest BCUT2D eigenvalue weighted by Crippen LogP contribution is -2.41. The van der Waals surface area contributed by atoms with Crippen LogP contribution >= 0.6 is 0 Å². The van der Waals surface area contributed by atoms with Crippen LogP contribution in [0.5, 0.6) is 0 Å². The first-order chi connectivity index (χ1) is 9.86. The molecule has 0 aromatic carbocycles. The zero-order chi connectivity index (χ0) is 13.5. The lowest BCUT2D eigenvalue weighted by atomic mass is 10.1. The van der Waals surface area contributed by atoms with Gasteiger partial charge < -0.3 is 4.74 Å². The second-order valence-electron chi connectivity index (χ2n) is 6.23. The maximum atomic E-state index is 12.9. The number of hydrogen-bond donors (Lipinski definition) is 0.